The number of aromatic nitrogens is 2. The van der Waals surface area contributed by atoms with E-state index in [1.165, 1.54) is 0 Å². The number of hydrogen-bond acceptors (Lipinski definition) is 4. The molecule has 1 heterocycles. The quantitative estimate of drug-likeness (QED) is 0.723. The number of ether oxygens (including phenoxy) is 1. The van der Waals surface area contributed by atoms with Crippen LogP contribution in [0.5, 0.6) is 5.75 Å². The molecule has 1 aliphatic rings. The van der Waals surface area contributed by atoms with E-state index in [4.69, 9.17) is 9.84 Å². The Labute approximate surface area is 157 Å². The second-order valence-corrected chi connectivity index (χ2v) is 6.76. The molecule has 0 aliphatic heterocycles. The summed E-state index contributed by atoms with van der Waals surface area (Å²) in [5.41, 5.74) is 1.69. The smallest absolute Gasteiger partial charge is 0.319 e. The molecule has 0 unspecified atom stereocenters. The summed E-state index contributed by atoms with van der Waals surface area (Å²) in [4.78, 5) is 23.1. The average Bonchev–Trinajstić information content (AvgIpc) is 3.09. The van der Waals surface area contributed by atoms with Crippen molar-refractivity contribution in [1.82, 2.24) is 15.1 Å². The molecule has 3 rings (SSSR count). The molecule has 27 heavy (non-hydrogen) atoms. The Morgan fingerprint density at radius 1 is 1.22 bits per heavy atom. The van der Waals surface area contributed by atoms with Gasteiger partial charge in [0, 0.05) is 12.2 Å². The third-order valence-corrected chi connectivity index (χ3v) is 4.81. The van der Waals surface area contributed by atoms with Crippen molar-refractivity contribution in [3.05, 3.63) is 42.2 Å². The van der Waals surface area contributed by atoms with E-state index in [1.54, 1.807) is 24.2 Å². The van der Waals surface area contributed by atoms with Crippen LogP contribution in [0.1, 0.15) is 31.2 Å². The maximum absolute atomic E-state index is 12.1. The Bertz CT molecular complexity index is 779. The van der Waals surface area contributed by atoms with Gasteiger partial charge in [-0.15, -0.1) is 0 Å². The Morgan fingerprint density at radius 3 is 2.56 bits per heavy atom. The first-order valence-electron chi connectivity index (χ1n) is 8.99. The Morgan fingerprint density at radius 2 is 1.93 bits per heavy atom. The van der Waals surface area contributed by atoms with Crippen molar-refractivity contribution in [2.24, 2.45) is 5.92 Å². The summed E-state index contributed by atoms with van der Waals surface area (Å²) >= 11 is 0. The summed E-state index contributed by atoms with van der Waals surface area (Å²) in [6, 6.07) is 7.43. The van der Waals surface area contributed by atoms with E-state index in [0.717, 1.165) is 11.3 Å². The van der Waals surface area contributed by atoms with Gasteiger partial charge in [-0.2, -0.15) is 5.10 Å². The standard InChI is InChI=1S/C19H24N4O4/c1-27-17-8-2-13(3-9-17)11-23-12-16(10-20-23)22-19(26)21-15-6-4-14(5-7-15)18(24)25/h2-3,8-10,12,14-15H,4-7,11H2,1H3,(H,24,25)(H2,21,22,26). The molecule has 8 nitrogen and oxygen atoms in total. The monoisotopic (exact) mass is 372 g/mol. The summed E-state index contributed by atoms with van der Waals surface area (Å²) in [7, 11) is 1.63. The summed E-state index contributed by atoms with van der Waals surface area (Å²) in [6.07, 6.45) is 5.93. The number of carboxylic acid groups (broad SMARTS) is 1. The zero-order valence-corrected chi connectivity index (χ0v) is 15.2. The number of urea groups is 1. The van der Waals surface area contributed by atoms with Crippen LogP contribution >= 0.6 is 0 Å². The van der Waals surface area contributed by atoms with Gasteiger partial charge in [0.15, 0.2) is 0 Å². The lowest BCUT2D eigenvalue weighted by molar-refractivity contribution is -0.142. The number of amides is 2. The number of aliphatic carboxylic acids is 1. The second-order valence-electron chi connectivity index (χ2n) is 6.76. The number of nitrogens with one attached hydrogen (secondary N) is 2. The molecule has 144 valence electrons. The minimum atomic E-state index is -0.748. The maximum atomic E-state index is 12.1. The van der Waals surface area contributed by atoms with Gasteiger partial charge >= 0.3 is 12.0 Å². The van der Waals surface area contributed by atoms with Crippen molar-refractivity contribution in [3.8, 4) is 5.75 Å². The first-order chi connectivity index (χ1) is 13.0. The minimum absolute atomic E-state index is 0.00921. The molecule has 0 atom stereocenters. The molecule has 1 saturated carbocycles. The third kappa shape index (κ3) is 5.22. The highest BCUT2D eigenvalue weighted by Crippen LogP contribution is 2.24. The molecule has 0 radical (unpaired) electrons. The summed E-state index contributed by atoms with van der Waals surface area (Å²) in [5.74, 6) is -0.236. The van der Waals surface area contributed by atoms with Crippen LogP contribution in [0.4, 0.5) is 10.5 Å². The molecule has 1 aliphatic carbocycles. The molecule has 0 bridgehead atoms. The van der Waals surface area contributed by atoms with E-state index in [0.29, 0.717) is 37.9 Å². The zero-order valence-electron chi connectivity index (χ0n) is 15.2. The van der Waals surface area contributed by atoms with Gasteiger partial charge in [0.25, 0.3) is 0 Å². The number of anilines is 1. The second kappa shape index (κ2) is 8.57. The highest BCUT2D eigenvalue weighted by Gasteiger charge is 2.26. The number of carboxylic acids is 1. The molecule has 1 fully saturated rings. The van der Waals surface area contributed by atoms with Crippen molar-refractivity contribution >= 4 is 17.7 Å². The molecule has 3 N–H and O–H groups in total. The van der Waals surface area contributed by atoms with Crippen molar-refractivity contribution in [1.29, 1.82) is 0 Å². The van der Waals surface area contributed by atoms with Gasteiger partial charge in [-0.1, -0.05) is 12.1 Å². The number of hydrogen-bond donors (Lipinski definition) is 3. The van der Waals surface area contributed by atoms with Crippen LogP contribution in [-0.4, -0.2) is 40.0 Å². The first kappa shape index (κ1) is 18.8. The van der Waals surface area contributed by atoms with E-state index in [-0.39, 0.29) is 18.0 Å². The average molecular weight is 372 g/mol. The van der Waals surface area contributed by atoms with E-state index < -0.39 is 5.97 Å². The maximum Gasteiger partial charge on any atom is 0.319 e. The van der Waals surface area contributed by atoms with Crippen LogP contribution < -0.4 is 15.4 Å². The molecule has 0 saturated heterocycles. The SMILES string of the molecule is COc1ccc(Cn2cc(NC(=O)NC3CCC(C(=O)O)CC3)cn2)cc1. The van der Waals surface area contributed by atoms with E-state index in [2.05, 4.69) is 15.7 Å². The molecule has 2 amide bonds. The largest absolute Gasteiger partial charge is 0.497 e. The molecule has 1 aromatic heterocycles. The zero-order chi connectivity index (χ0) is 19.2. The Hall–Kier alpha value is -3.03. The van der Waals surface area contributed by atoms with Crippen LogP contribution in [0.3, 0.4) is 0 Å². The number of carbonyl (C=O) groups is 2. The van der Waals surface area contributed by atoms with E-state index >= 15 is 0 Å². The number of carbonyl (C=O) groups excluding carboxylic acids is 1. The number of benzene rings is 1. The minimum Gasteiger partial charge on any atom is -0.497 e. The van der Waals surface area contributed by atoms with Gasteiger partial charge in [-0.05, 0) is 43.4 Å². The molecule has 1 aromatic carbocycles. The number of methoxy groups -OCH3 is 1. The number of nitrogens with zero attached hydrogens (tertiary/aromatic N) is 2. The molecule has 2 aromatic rings. The predicted molar refractivity (Wildman–Crippen MR) is 99.9 cm³/mol. The van der Waals surface area contributed by atoms with Crippen LogP contribution in [-0.2, 0) is 11.3 Å². The lowest BCUT2D eigenvalue weighted by Crippen LogP contribution is -2.40. The van der Waals surface area contributed by atoms with Crippen LogP contribution in [0, 0.1) is 5.92 Å². The van der Waals surface area contributed by atoms with Crippen molar-refractivity contribution < 1.29 is 19.4 Å². The lowest BCUT2D eigenvalue weighted by Gasteiger charge is -2.26. The van der Waals surface area contributed by atoms with Gasteiger partial charge < -0.3 is 20.5 Å². The van der Waals surface area contributed by atoms with Gasteiger partial charge in [-0.25, -0.2) is 4.79 Å². The highest BCUT2D eigenvalue weighted by molar-refractivity contribution is 5.89. The topological polar surface area (TPSA) is 105 Å². The van der Waals surface area contributed by atoms with Gasteiger partial charge in [0.2, 0.25) is 0 Å². The van der Waals surface area contributed by atoms with Crippen LogP contribution in [0.25, 0.3) is 0 Å². The Balaban J connectivity index is 1.47. The predicted octanol–water partition coefficient (Wildman–Crippen LogP) is 2.70. The van der Waals surface area contributed by atoms with Crippen LogP contribution in [0.15, 0.2) is 36.7 Å². The Kier molecular flexibility index (Phi) is 5.95. The fourth-order valence-corrected chi connectivity index (χ4v) is 3.27. The molecular formula is C19H24N4O4. The highest BCUT2D eigenvalue weighted by atomic mass is 16.5. The first-order valence-corrected chi connectivity index (χ1v) is 8.99. The summed E-state index contributed by atoms with van der Waals surface area (Å²) in [6.45, 7) is 0.590. The van der Waals surface area contributed by atoms with Crippen molar-refractivity contribution in [3.63, 3.8) is 0 Å². The van der Waals surface area contributed by atoms with Crippen LogP contribution in [0.2, 0.25) is 0 Å². The number of rotatable bonds is 6. The molecular weight excluding hydrogens is 348 g/mol. The summed E-state index contributed by atoms with van der Waals surface area (Å²) < 4.78 is 6.89. The normalized spacial score (nSPS) is 19.3. The van der Waals surface area contributed by atoms with Gasteiger partial charge in [0.05, 0.1) is 31.5 Å². The summed E-state index contributed by atoms with van der Waals surface area (Å²) in [5, 5.41) is 19.0. The van der Waals surface area contributed by atoms with Crippen molar-refractivity contribution in [2.75, 3.05) is 12.4 Å². The third-order valence-electron chi connectivity index (χ3n) is 4.81. The molecule has 8 heteroatoms. The van der Waals surface area contributed by atoms with E-state index in [1.807, 2.05) is 24.3 Å². The fourth-order valence-electron chi connectivity index (χ4n) is 3.27. The van der Waals surface area contributed by atoms with Gasteiger partial charge in [0.1, 0.15) is 5.75 Å². The molecule has 0 spiro atoms. The van der Waals surface area contributed by atoms with Gasteiger partial charge in [-0.3, -0.25) is 9.48 Å². The van der Waals surface area contributed by atoms with E-state index in [9.17, 15) is 9.59 Å². The lowest BCUT2D eigenvalue weighted by atomic mass is 9.86. The fraction of sp³-hybridized carbons (Fsp3) is 0.421. The van der Waals surface area contributed by atoms with Crippen molar-refractivity contribution in [2.45, 2.75) is 38.3 Å².